The standard InChI is InChI=1S/C15H21NO2/c17-14-6-4-12(5-7-14)15(18)9-8-13-3-1-2-10-16(13)11-15/h4-7,13,17-18H,1-3,8-11H2/t13-,15-/m0/s1. The number of nitrogens with zero attached hydrogens (tertiary/aromatic N) is 1. The molecule has 0 unspecified atom stereocenters. The van der Waals surface area contributed by atoms with Crippen molar-refractivity contribution < 1.29 is 10.2 Å². The van der Waals surface area contributed by atoms with Crippen LogP contribution in [0.25, 0.3) is 0 Å². The lowest BCUT2D eigenvalue weighted by molar-refractivity contribution is -0.0661. The van der Waals surface area contributed by atoms with E-state index in [0.29, 0.717) is 6.04 Å². The number of benzene rings is 1. The van der Waals surface area contributed by atoms with Gasteiger partial charge in [-0.2, -0.15) is 0 Å². The molecule has 0 bridgehead atoms. The van der Waals surface area contributed by atoms with Crippen LogP contribution in [0, 0.1) is 0 Å². The van der Waals surface area contributed by atoms with E-state index >= 15 is 0 Å². The van der Waals surface area contributed by atoms with Gasteiger partial charge in [-0.05, 0) is 49.9 Å². The molecule has 0 aliphatic carbocycles. The molecule has 1 aromatic rings. The van der Waals surface area contributed by atoms with Crippen molar-refractivity contribution in [3.8, 4) is 5.75 Å². The van der Waals surface area contributed by atoms with E-state index < -0.39 is 5.60 Å². The minimum Gasteiger partial charge on any atom is -0.508 e. The Bertz CT molecular complexity index is 417. The highest BCUT2D eigenvalue weighted by Gasteiger charge is 2.39. The normalized spacial score (nSPS) is 33.1. The number of piperidine rings is 2. The highest BCUT2D eigenvalue weighted by molar-refractivity contribution is 5.30. The lowest BCUT2D eigenvalue weighted by Gasteiger charge is -2.46. The monoisotopic (exact) mass is 247 g/mol. The maximum atomic E-state index is 10.8. The third-order valence-corrected chi connectivity index (χ3v) is 4.51. The predicted molar refractivity (Wildman–Crippen MR) is 70.4 cm³/mol. The molecule has 2 heterocycles. The number of rotatable bonds is 1. The van der Waals surface area contributed by atoms with E-state index in [1.54, 1.807) is 12.1 Å². The van der Waals surface area contributed by atoms with Crippen LogP contribution in [-0.4, -0.2) is 34.2 Å². The Morgan fingerprint density at radius 3 is 2.67 bits per heavy atom. The maximum absolute atomic E-state index is 10.8. The molecule has 2 atom stereocenters. The minimum atomic E-state index is -0.735. The molecule has 1 aromatic carbocycles. The van der Waals surface area contributed by atoms with E-state index in [2.05, 4.69) is 4.90 Å². The summed E-state index contributed by atoms with van der Waals surface area (Å²) in [5.74, 6) is 0.258. The Morgan fingerprint density at radius 2 is 1.89 bits per heavy atom. The molecule has 2 saturated heterocycles. The number of phenols is 1. The van der Waals surface area contributed by atoms with Crippen molar-refractivity contribution in [2.75, 3.05) is 13.1 Å². The summed E-state index contributed by atoms with van der Waals surface area (Å²) < 4.78 is 0. The molecule has 0 spiro atoms. The van der Waals surface area contributed by atoms with Gasteiger partial charge in [0.05, 0.1) is 0 Å². The largest absolute Gasteiger partial charge is 0.508 e. The molecule has 2 aliphatic rings. The second-order valence-electron chi connectivity index (χ2n) is 5.74. The molecule has 0 amide bonds. The Labute approximate surface area is 108 Å². The van der Waals surface area contributed by atoms with E-state index in [1.807, 2.05) is 12.1 Å². The van der Waals surface area contributed by atoms with E-state index in [1.165, 1.54) is 19.3 Å². The van der Waals surface area contributed by atoms with Crippen molar-refractivity contribution in [1.82, 2.24) is 4.90 Å². The molecule has 18 heavy (non-hydrogen) atoms. The molecule has 2 fully saturated rings. The van der Waals surface area contributed by atoms with Crippen LogP contribution >= 0.6 is 0 Å². The second kappa shape index (κ2) is 4.56. The predicted octanol–water partition coefficient (Wildman–Crippen LogP) is 2.23. The Morgan fingerprint density at radius 1 is 1.11 bits per heavy atom. The van der Waals surface area contributed by atoms with Gasteiger partial charge in [0, 0.05) is 12.6 Å². The molecule has 2 N–H and O–H groups in total. The lowest BCUT2D eigenvalue weighted by Crippen LogP contribution is -2.52. The summed E-state index contributed by atoms with van der Waals surface area (Å²) in [6.07, 6.45) is 5.78. The van der Waals surface area contributed by atoms with Gasteiger partial charge >= 0.3 is 0 Å². The summed E-state index contributed by atoms with van der Waals surface area (Å²) in [6.45, 7) is 1.85. The summed E-state index contributed by atoms with van der Waals surface area (Å²) in [6, 6.07) is 7.70. The zero-order valence-electron chi connectivity index (χ0n) is 10.7. The fourth-order valence-corrected chi connectivity index (χ4v) is 3.42. The van der Waals surface area contributed by atoms with Gasteiger partial charge in [0.15, 0.2) is 0 Å². The third kappa shape index (κ3) is 2.13. The molecular formula is C15H21NO2. The number of hydrogen-bond donors (Lipinski definition) is 2. The SMILES string of the molecule is Oc1ccc([C@]2(O)CC[C@@H]3CCCCN3C2)cc1. The fourth-order valence-electron chi connectivity index (χ4n) is 3.42. The van der Waals surface area contributed by atoms with Crippen LogP contribution in [0.15, 0.2) is 24.3 Å². The minimum absolute atomic E-state index is 0.258. The first-order valence-electron chi connectivity index (χ1n) is 6.93. The summed E-state index contributed by atoms with van der Waals surface area (Å²) in [5.41, 5.74) is 0.200. The van der Waals surface area contributed by atoms with Crippen LogP contribution < -0.4 is 0 Å². The van der Waals surface area contributed by atoms with Gasteiger partial charge in [-0.1, -0.05) is 18.6 Å². The van der Waals surface area contributed by atoms with Crippen molar-refractivity contribution in [1.29, 1.82) is 0 Å². The Balaban J connectivity index is 1.80. The smallest absolute Gasteiger partial charge is 0.115 e. The van der Waals surface area contributed by atoms with Crippen LogP contribution in [-0.2, 0) is 5.60 Å². The number of hydrogen-bond acceptors (Lipinski definition) is 3. The number of aliphatic hydroxyl groups is 1. The highest BCUT2D eigenvalue weighted by atomic mass is 16.3. The highest BCUT2D eigenvalue weighted by Crippen LogP contribution is 2.37. The molecule has 3 rings (SSSR count). The number of aromatic hydroxyl groups is 1. The van der Waals surface area contributed by atoms with E-state index in [4.69, 9.17) is 0 Å². The molecular weight excluding hydrogens is 226 g/mol. The van der Waals surface area contributed by atoms with Crippen molar-refractivity contribution in [3.05, 3.63) is 29.8 Å². The number of fused-ring (bicyclic) bond motifs is 1. The van der Waals surface area contributed by atoms with Crippen molar-refractivity contribution >= 4 is 0 Å². The summed E-state index contributed by atoms with van der Waals surface area (Å²) in [4.78, 5) is 2.44. The Kier molecular flexibility index (Phi) is 3.04. The third-order valence-electron chi connectivity index (χ3n) is 4.51. The molecule has 0 radical (unpaired) electrons. The topological polar surface area (TPSA) is 43.7 Å². The van der Waals surface area contributed by atoms with Crippen LogP contribution in [0.3, 0.4) is 0 Å². The molecule has 98 valence electrons. The molecule has 2 aliphatic heterocycles. The van der Waals surface area contributed by atoms with Crippen LogP contribution in [0.1, 0.15) is 37.7 Å². The van der Waals surface area contributed by atoms with E-state index in [0.717, 1.165) is 31.5 Å². The summed E-state index contributed by atoms with van der Waals surface area (Å²) in [7, 11) is 0. The van der Waals surface area contributed by atoms with Gasteiger partial charge in [-0.15, -0.1) is 0 Å². The van der Waals surface area contributed by atoms with Gasteiger partial charge < -0.3 is 10.2 Å². The maximum Gasteiger partial charge on any atom is 0.115 e. The zero-order valence-corrected chi connectivity index (χ0v) is 10.7. The fraction of sp³-hybridized carbons (Fsp3) is 0.600. The zero-order chi connectivity index (χ0) is 12.6. The lowest BCUT2D eigenvalue weighted by atomic mass is 9.80. The Hall–Kier alpha value is -1.06. The quantitative estimate of drug-likeness (QED) is 0.800. The summed E-state index contributed by atoms with van der Waals surface area (Å²) in [5, 5.41) is 20.2. The van der Waals surface area contributed by atoms with Gasteiger partial charge in [-0.3, -0.25) is 4.90 Å². The summed E-state index contributed by atoms with van der Waals surface area (Å²) >= 11 is 0. The van der Waals surface area contributed by atoms with Gasteiger partial charge in [-0.25, -0.2) is 0 Å². The molecule has 0 saturated carbocycles. The second-order valence-corrected chi connectivity index (χ2v) is 5.74. The van der Waals surface area contributed by atoms with Crippen LogP contribution in [0.5, 0.6) is 5.75 Å². The van der Waals surface area contributed by atoms with Crippen molar-refractivity contribution in [2.24, 2.45) is 0 Å². The first kappa shape index (κ1) is 12.0. The molecule has 0 aromatic heterocycles. The van der Waals surface area contributed by atoms with Gasteiger partial charge in [0.25, 0.3) is 0 Å². The van der Waals surface area contributed by atoms with E-state index in [9.17, 15) is 10.2 Å². The van der Waals surface area contributed by atoms with Crippen molar-refractivity contribution in [3.63, 3.8) is 0 Å². The number of phenolic OH excluding ortho intramolecular Hbond substituents is 1. The molecule has 3 heteroatoms. The van der Waals surface area contributed by atoms with E-state index in [-0.39, 0.29) is 5.75 Å². The first-order chi connectivity index (χ1) is 8.67. The first-order valence-corrected chi connectivity index (χ1v) is 6.93. The average molecular weight is 247 g/mol. The van der Waals surface area contributed by atoms with Gasteiger partial charge in [0.1, 0.15) is 11.4 Å². The van der Waals surface area contributed by atoms with Crippen LogP contribution in [0.2, 0.25) is 0 Å². The van der Waals surface area contributed by atoms with Crippen molar-refractivity contribution in [2.45, 2.75) is 43.7 Å². The molecule has 3 nitrogen and oxygen atoms in total. The van der Waals surface area contributed by atoms with Gasteiger partial charge in [0.2, 0.25) is 0 Å². The van der Waals surface area contributed by atoms with Crippen LogP contribution in [0.4, 0.5) is 0 Å². The average Bonchev–Trinajstić information content (AvgIpc) is 2.39.